The van der Waals surface area contributed by atoms with Crippen LogP contribution >= 0.6 is 0 Å². The van der Waals surface area contributed by atoms with Crippen molar-refractivity contribution < 1.29 is 4.79 Å². The van der Waals surface area contributed by atoms with Gasteiger partial charge in [0.05, 0.1) is 0 Å². The number of amides is 1. The summed E-state index contributed by atoms with van der Waals surface area (Å²) in [4.78, 5) is 15.3. The highest BCUT2D eigenvalue weighted by Crippen LogP contribution is 2.14. The molecule has 0 aromatic heterocycles. The Balaban J connectivity index is 2.85. The number of hydrogen-bond acceptors (Lipinski definition) is 2. The Hall–Kier alpha value is -1.51. The maximum atomic E-state index is 11.6. The van der Waals surface area contributed by atoms with Crippen LogP contribution in [-0.2, 0) is 0 Å². The Bertz CT molecular complexity index is 330. The molecule has 0 N–H and O–H groups in total. The summed E-state index contributed by atoms with van der Waals surface area (Å²) >= 11 is 0. The minimum Gasteiger partial charge on any atom is -0.375 e. The molecule has 0 saturated carbocycles. The molecule has 0 spiro atoms. The minimum atomic E-state index is 0.0423. The fourth-order valence-electron chi connectivity index (χ4n) is 1.30. The van der Waals surface area contributed by atoms with Crippen molar-refractivity contribution in [1.29, 1.82) is 0 Å². The summed E-state index contributed by atoms with van der Waals surface area (Å²) in [6.07, 6.45) is 0. The number of anilines is 1. The van der Waals surface area contributed by atoms with Crippen LogP contribution < -0.4 is 4.90 Å². The third-order valence-corrected chi connectivity index (χ3v) is 2.44. The van der Waals surface area contributed by atoms with E-state index in [1.165, 1.54) is 0 Å². The van der Waals surface area contributed by atoms with Crippen LogP contribution in [-0.4, -0.2) is 38.5 Å². The molecular formula is C12H18N2O. The Labute approximate surface area is 91.3 Å². The number of benzene rings is 1. The SMILES string of the molecule is CCN(C)c1ccc(C(=O)N(C)C)cc1. The van der Waals surface area contributed by atoms with E-state index in [-0.39, 0.29) is 5.91 Å². The zero-order chi connectivity index (χ0) is 11.4. The monoisotopic (exact) mass is 206 g/mol. The number of hydrogen-bond donors (Lipinski definition) is 0. The Kier molecular flexibility index (Phi) is 3.72. The molecule has 0 bridgehead atoms. The molecule has 3 nitrogen and oxygen atoms in total. The molecule has 0 saturated heterocycles. The minimum absolute atomic E-state index is 0.0423. The van der Waals surface area contributed by atoms with Crippen LogP contribution in [0.4, 0.5) is 5.69 Å². The summed E-state index contributed by atoms with van der Waals surface area (Å²) in [5, 5.41) is 0. The predicted molar refractivity (Wildman–Crippen MR) is 63.4 cm³/mol. The van der Waals surface area contributed by atoms with Crippen molar-refractivity contribution >= 4 is 11.6 Å². The first kappa shape index (κ1) is 11.6. The van der Waals surface area contributed by atoms with E-state index in [0.29, 0.717) is 0 Å². The number of nitrogens with zero attached hydrogens (tertiary/aromatic N) is 2. The summed E-state index contributed by atoms with van der Waals surface area (Å²) in [5.74, 6) is 0.0423. The maximum Gasteiger partial charge on any atom is 0.253 e. The molecule has 1 aromatic rings. The van der Waals surface area contributed by atoms with Crippen LogP contribution in [0.25, 0.3) is 0 Å². The summed E-state index contributed by atoms with van der Waals surface area (Å²) in [6, 6.07) is 7.67. The van der Waals surface area contributed by atoms with Gasteiger partial charge < -0.3 is 9.80 Å². The highest BCUT2D eigenvalue weighted by Gasteiger charge is 2.07. The third-order valence-electron chi connectivity index (χ3n) is 2.44. The van der Waals surface area contributed by atoms with Crippen LogP contribution in [0.15, 0.2) is 24.3 Å². The molecule has 15 heavy (non-hydrogen) atoms. The summed E-state index contributed by atoms with van der Waals surface area (Å²) < 4.78 is 0. The molecule has 0 aliphatic heterocycles. The third kappa shape index (κ3) is 2.72. The van der Waals surface area contributed by atoms with Crippen LogP contribution in [0, 0.1) is 0 Å². The maximum absolute atomic E-state index is 11.6. The van der Waals surface area contributed by atoms with Gasteiger partial charge in [-0.1, -0.05) is 0 Å². The van der Waals surface area contributed by atoms with Crippen molar-refractivity contribution in [1.82, 2.24) is 4.90 Å². The van der Waals surface area contributed by atoms with Gasteiger partial charge in [-0.15, -0.1) is 0 Å². The second-order valence-corrected chi connectivity index (χ2v) is 3.76. The van der Waals surface area contributed by atoms with Crippen molar-refractivity contribution in [2.24, 2.45) is 0 Å². The lowest BCUT2D eigenvalue weighted by Crippen LogP contribution is -2.22. The molecule has 0 fully saturated rings. The topological polar surface area (TPSA) is 23.6 Å². The highest BCUT2D eigenvalue weighted by molar-refractivity contribution is 5.94. The lowest BCUT2D eigenvalue weighted by molar-refractivity contribution is 0.0827. The molecule has 0 heterocycles. The molecule has 0 unspecified atom stereocenters. The largest absolute Gasteiger partial charge is 0.375 e. The summed E-state index contributed by atoms with van der Waals surface area (Å²) in [6.45, 7) is 3.06. The van der Waals surface area contributed by atoms with Gasteiger partial charge in [0, 0.05) is 38.9 Å². The van der Waals surface area contributed by atoms with Crippen LogP contribution in [0.2, 0.25) is 0 Å². The van der Waals surface area contributed by atoms with E-state index in [1.807, 2.05) is 31.3 Å². The van der Waals surface area contributed by atoms with Crippen molar-refractivity contribution in [3.8, 4) is 0 Å². The van der Waals surface area contributed by atoms with E-state index in [9.17, 15) is 4.79 Å². The van der Waals surface area contributed by atoms with Crippen LogP contribution in [0.5, 0.6) is 0 Å². The Morgan fingerprint density at radius 3 is 2.07 bits per heavy atom. The standard InChI is InChI=1S/C12H18N2O/c1-5-14(4)11-8-6-10(7-9-11)12(15)13(2)3/h6-9H,5H2,1-4H3. The molecule has 0 radical (unpaired) electrons. The van der Waals surface area contributed by atoms with Crippen LogP contribution in [0.3, 0.4) is 0 Å². The average Bonchev–Trinajstić information content (AvgIpc) is 2.27. The van der Waals surface area contributed by atoms with Gasteiger partial charge in [-0.25, -0.2) is 0 Å². The van der Waals surface area contributed by atoms with Gasteiger partial charge in [0.1, 0.15) is 0 Å². The molecule has 82 valence electrons. The fourth-order valence-corrected chi connectivity index (χ4v) is 1.30. The molecule has 1 rings (SSSR count). The summed E-state index contributed by atoms with van der Waals surface area (Å²) in [7, 11) is 5.55. The van der Waals surface area contributed by atoms with E-state index in [2.05, 4.69) is 11.8 Å². The van der Waals surface area contributed by atoms with E-state index in [4.69, 9.17) is 0 Å². The van der Waals surface area contributed by atoms with Crippen molar-refractivity contribution in [2.75, 3.05) is 32.6 Å². The second-order valence-electron chi connectivity index (χ2n) is 3.76. The van der Waals surface area contributed by atoms with Crippen molar-refractivity contribution in [3.05, 3.63) is 29.8 Å². The molecule has 3 heteroatoms. The van der Waals surface area contributed by atoms with E-state index in [0.717, 1.165) is 17.8 Å². The van der Waals surface area contributed by atoms with Crippen molar-refractivity contribution in [3.63, 3.8) is 0 Å². The van der Waals surface area contributed by atoms with Gasteiger partial charge in [0.2, 0.25) is 0 Å². The van der Waals surface area contributed by atoms with Gasteiger partial charge in [0.25, 0.3) is 5.91 Å². The molecule has 1 amide bonds. The number of rotatable bonds is 3. The van der Waals surface area contributed by atoms with Gasteiger partial charge >= 0.3 is 0 Å². The lowest BCUT2D eigenvalue weighted by atomic mass is 10.2. The van der Waals surface area contributed by atoms with E-state index >= 15 is 0 Å². The average molecular weight is 206 g/mol. The first-order valence-electron chi connectivity index (χ1n) is 5.09. The first-order valence-corrected chi connectivity index (χ1v) is 5.09. The normalized spacial score (nSPS) is 9.87. The summed E-state index contributed by atoms with van der Waals surface area (Å²) in [5.41, 5.74) is 1.86. The highest BCUT2D eigenvalue weighted by atomic mass is 16.2. The van der Waals surface area contributed by atoms with Gasteiger partial charge in [-0.2, -0.15) is 0 Å². The van der Waals surface area contributed by atoms with E-state index in [1.54, 1.807) is 19.0 Å². The second kappa shape index (κ2) is 4.82. The van der Waals surface area contributed by atoms with Gasteiger partial charge in [-0.05, 0) is 31.2 Å². The van der Waals surface area contributed by atoms with Gasteiger partial charge in [-0.3, -0.25) is 4.79 Å². The smallest absolute Gasteiger partial charge is 0.253 e. The first-order chi connectivity index (χ1) is 7.06. The lowest BCUT2D eigenvalue weighted by Gasteiger charge is -2.17. The number of carbonyl (C=O) groups excluding carboxylic acids is 1. The van der Waals surface area contributed by atoms with E-state index < -0.39 is 0 Å². The fraction of sp³-hybridized carbons (Fsp3) is 0.417. The van der Waals surface area contributed by atoms with Crippen LogP contribution in [0.1, 0.15) is 17.3 Å². The zero-order valence-electron chi connectivity index (χ0n) is 9.82. The number of carbonyl (C=O) groups is 1. The van der Waals surface area contributed by atoms with Crippen molar-refractivity contribution in [2.45, 2.75) is 6.92 Å². The Morgan fingerprint density at radius 2 is 1.67 bits per heavy atom. The zero-order valence-corrected chi connectivity index (χ0v) is 9.82. The molecule has 0 aliphatic rings. The quantitative estimate of drug-likeness (QED) is 0.753. The molecule has 1 aromatic carbocycles. The predicted octanol–water partition coefficient (Wildman–Crippen LogP) is 1.84. The molecule has 0 atom stereocenters. The molecule has 0 aliphatic carbocycles. The molecular weight excluding hydrogens is 188 g/mol. The Morgan fingerprint density at radius 1 is 1.13 bits per heavy atom. The van der Waals surface area contributed by atoms with Gasteiger partial charge in [0.15, 0.2) is 0 Å².